The van der Waals surface area contributed by atoms with Crippen LogP contribution in [0.25, 0.3) is 0 Å². The lowest BCUT2D eigenvalue weighted by Crippen LogP contribution is -2.28. The molecule has 0 aromatic carbocycles. The van der Waals surface area contributed by atoms with E-state index < -0.39 is 0 Å². The van der Waals surface area contributed by atoms with Crippen molar-refractivity contribution in [2.24, 2.45) is 5.92 Å². The summed E-state index contributed by atoms with van der Waals surface area (Å²) in [5.74, 6) is 0.597. The van der Waals surface area contributed by atoms with Crippen molar-refractivity contribution in [3.05, 3.63) is 17.5 Å². The highest BCUT2D eigenvalue weighted by atomic mass is 16.5. The van der Waals surface area contributed by atoms with E-state index in [1.165, 1.54) is 6.20 Å². The summed E-state index contributed by atoms with van der Waals surface area (Å²) in [4.78, 5) is 11.6. The summed E-state index contributed by atoms with van der Waals surface area (Å²) < 4.78 is 4.79. The van der Waals surface area contributed by atoms with Crippen molar-refractivity contribution >= 4 is 5.91 Å². The summed E-state index contributed by atoms with van der Waals surface area (Å²) >= 11 is 0. The number of carbonyl (C=O) groups is 1. The number of aliphatic hydroxyl groups excluding tert-OH is 1. The smallest absolute Gasteiger partial charge is 0.256 e. The molecule has 1 unspecified atom stereocenters. The standard InChI is InChI=1S/C10H16N2O3/c1-7(3-4-13)5-11-10(14)9-6-12-15-8(9)2/h6-7,13H,3-5H2,1-2H3,(H,11,14). The van der Waals surface area contributed by atoms with Crippen molar-refractivity contribution < 1.29 is 14.4 Å². The molecule has 1 aromatic rings. The molecule has 0 bridgehead atoms. The van der Waals surface area contributed by atoms with Crippen molar-refractivity contribution in [1.82, 2.24) is 10.5 Å². The highest BCUT2D eigenvalue weighted by Crippen LogP contribution is 2.06. The van der Waals surface area contributed by atoms with Gasteiger partial charge in [0.1, 0.15) is 11.3 Å². The molecule has 0 fully saturated rings. The number of carbonyl (C=O) groups excluding carboxylic acids is 1. The van der Waals surface area contributed by atoms with Gasteiger partial charge < -0.3 is 14.9 Å². The molecule has 2 N–H and O–H groups in total. The zero-order valence-corrected chi connectivity index (χ0v) is 8.99. The third-order valence-electron chi connectivity index (χ3n) is 2.23. The maximum Gasteiger partial charge on any atom is 0.256 e. The van der Waals surface area contributed by atoms with Crippen LogP contribution >= 0.6 is 0 Å². The van der Waals surface area contributed by atoms with Gasteiger partial charge in [-0.3, -0.25) is 4.79 Å². The van der Waals surface area contributed by atoms with Crippen molar-refractivity contribution in [2.45, 2.75) is 20.3 Å². The molecule has 5 heteroatoms. The Kier molecular flexibility index (Phi) is 4.30. The van der Waals surface area contributed by atoms with Crippen LogP contribution in [0.5, 0.6) is 0 Å². The molecule has 84 valence electrons. The van der Waals surface area contributed by atoms with Crippen LogP contribution in [0.15, 0.2) is 10.7 Å². The molecule has 0 aliphatic carbocycles. The summed E-state index contributed by atoms with van der Waals surface area (Å²) in [7, 11) is 0. The number of hydrogen-bond acceptors (Lipinski definition) is 4. The number of hydrogen-bond donors (Lipinski definition) is 2. The summed E-state index contributed by atoms with van der Waals surface area (Å²) in [6.07, 6.45) is 2.09. The van der Waals surface area contributed by atoms with Crippen molar-refractivity contribution in [3.63, 3.8) is 0 Å². The average Bonchev–Trinajstić information content (AvgIpc) is 2.61. The Labute approximate surface area is 88.5 Å². The molecule has 1 rings (SSSR count). The molecule has 1 heterocycles. The van der Waals surface area contributed by atoms with E-state index in [0.717, 1.165) is 0 Å². The molecular weight excluding hydrogens is 196 g/mol. The lowest BCUT2D eigenvalue weighted by molar-refractivity contribution is 0.0944. The molecule has 1 aromatic heterocycles. The predicted molar refractivity (Wildman–Crippen MR) is 54.4 cm³/mol. The second-order valence-corrected chi connectivity index (χ2v) is 3.62. The first-order valence-electron chi connectivity index (χ1n) is 4.95. The van der Waals surface area contributed by atoms with Gasteiger partial charge in [0, 0.05) is 13.2 Å². The van der Waals surface area contributed by atoms with Crippen molar-refractivity contribution in [3.8, 4) is 0 Å². The van der Waals surface area contributed by atoms with Gasteiger partial charge in [0.25, 0.3) is 5.91 Å². The van der Waals surface area contributed by atoms with E-state index in [9.17, 15) is 4.79 Å². The van der Waals surface area contributed by atoms with Gasteiger partial charge in [-0.15, -0.1) is 0 Å². The van der Waals surface area contributed by atoms with Gasteiger partial charge in [0.2, 0.25) is 0 Å². The van der Waals surface area contributed by atoms with E-state index in [-0.39, 0.29) is 18.4 Å². The lowest BCUT2D eigenvalue weighted by atomic mass is 10.1. The van der Waals surface area contributed by atoms with Crippen LogP contribution in [0.4, 0.5) is 0 Å². The molecule has 5 nitrogen and oxygen atoms in total. The van der Waals surface area contributed by atoms with Gasteiger partial charge in [-0.25, -0.2) is 0 Å². The first-order valence-corrected chi connectivity index (χ1v) is 4.95. The minimum absolute atomic E-state index is 0.142. The number of aliphatic hydroxyl groups is 1. The van der Waals surface area contributed by atoms with Gasteiger partial charge >= 0.3 is 0 Å². The van der Waals surface area contributed by atoms with E-state index in [4.69, 9.17) is 9.63 Å². The minimum atomic E-state index is -0.182. The van der Waals surface area contributed by atoms with Crippen LogP contribution in [0.1, 0.15) is 29.5 Å². The van der Waals surface area contributed by atoms with Gasteiger partial charge in [-0.2, -0.15) is 0 Å². The zero-order chi connectivity index (χ0) is 11.3. The Bertz CT molecular complexity index is 322. The molecular formula is C10H16N2O3. The fraction of sp³-hybridized carbons (Fsp3) is 0.600. The number of aryl methyl sites for hydroxylation is 1. The fourth-order valence-corrected chi connectivity index (χ4v) is 1.20. The minimum Gasteiger partial charge on any atom is -0.396 e. The van der Waals surface area contributed by atoms with E-state index >= 15 is 0 Å². The van der Waals surface area contributed by atoms with Gasteiger partial charge in [-0.05, 0) is 19.3 Å². The number of amides is 1. The van der Waals surface area contributed by atoms with E-state index in [1.54, 1.807) is 6.92 Å². The number of nitrogens with zero attached hydrogens (tertiary/aromatic N) is 1. The molecule has 1 atom stereocenters. The van der Waals surface area contributed by atoms with Crippen LogP contribution in [-0.4, -0.2) is 29.3 Å². The van der Waals surface area contributed by atoms with Crippen LogP contribution in [0, 0.1) is 12.8 Å². The van der Waals surface area contributed by atoms with Gasteiger partial charge in [-0.1, -0.05) is 12.1 Å². The zero-order valence-electron chi connectivity index (χ0n) is 8.99. The molecule has 0 radical (unpaired) electrons. The topological polar surface area (TPSA) is 75.4 Å². The number of aromatic nitrogens is 1. The maximum absolute atomic E-state index is 11.6. The number of nitrogens with one attached hydrogen (secondary N) is 1. The fourth-order valence-electron chi connectivity index (χ4n) is 1.20. The van der Waals surface area contributed by atoms with Crippen LogP contribution in [-0.2, 0) is 0 Å². The van der Waals surface area contributed by atoms with E-state index in [2.05, 4.69) is 10.5 Å². The van der Waals surface area contributed by atoms with Crippen LogP contribution in [0.2, 0.25) is 0 Å². The Morgan fingerprint density at radius 3 is 3.00 bits per heavy atom. The normalized spacial score (nSPS) is 12.5. The second kappa shape index (κ2) is 5.50. The van der Waals surface area contributed by atoms with Gasteiger partial charge in [0.15, 0.2) is 0 Å². The predicted octanol–water partition coefficient (Wildman–Crippen LogP) is 0.731. The molecule has 0 saturated heterocycles. The molecule has 0 spiro atoms. The average molecular weight is 212 g/mol. The Hall–Kier alpha value is -1.36. The summed E-state index contributed by atoms with van der Waals surface area (Å²) in [5.41, 5.74) is 0.464. The first kappa shape index (κ1) is 11.7. The SMILES string of the molecule is Cc1oncc1C(=O)NCC(C)CCO. The molecule has 0 saturated carbocycles. The highest BCUT2D eigenvalue weighted by molar-refractivity contribution is 5.94. The quantitative estimate of drug-likeness (QED) is 0.754. The monoisotopic (exact) mass is 212 g/mol. The first-order chi connectivity index (χ1) is 7.15. The maximum atomic E-state index is 11.6. The third-order valence-corrected chi connectivity index (χ3v) is 2.23. The Morgan fingerprint density at radius 2 is 2.47 bits per heavy atom. The Morgan fingerprint density at radius 1 is 1.73 bits per heavy atom. The summed E-state index contributed by atoms with van der Waals surface area (Å²) in [6, 6.07) is 0. The third kappa shape index (κ3) is 3.36. The Balaban J connectivity index is 2.40. The molecule has 0 aliphatic heterocycles. The van der Waals surface area contributed by atoms with Crippen LogP contribution in [0.3, 0.4) is 0 Å². The second-order valence-electron chi connectivity index (χ2n) is 3.62. The molecule has 0 aliphatic rings. The van der Waals surface area contributed by atoms with Crippen molar-refractivity contribution in [2.75, 3.05) is 13.2 Å². The van der Waals surface area contributed by atoms with Crippen LogP contribution < -0.4 is 5.32 Å². The van der Waals surface area contributed by atoms with Gasteiger partial charge in [0.05, 0.1) is 6.20 Å². The number of rotatable bonds is 5. The van der Waals surface area contributed by atoms with Crippen molar-refractivity contribution in [1.29, 1.82) is 0 Å². The van der Waals surface area contributed by atoms with E-state index in [1.807, 2.05) is 6.92 Å². The largest absolute Gasteiger partial charge is 0.396 e. The van der Waals surface area contributed by atoms with E-state index in [0.29, 0.717) is 24.3 Å². The molecule has 15 heavy (non-hydrogen) atoms. The highest BCUT2D eigenvalue weighted by Gasteiger charge is 2.13. The molecule has 1 amide bonds. The lowest BCUT2D eigenvalue weighted by Gasteiger charge is -2.10. The summed E-state index contributed by atoms with van der Waals surface area (Å²) in [5, 5.41) is 15.0. The summed E-state index contributed by atoms with van der Waals surface area (Å²) in [6.45, 7) is 4.35.